The van der Waals surface area contributed by atoms with Gasteiger partial charge in [0.2, 0.25) is 0 Å². The quantitative estimate of drug-likeness (QED) is 0.584. The molecule has 7 heteroatoms. The lowest BCUT2D eigenvalue weighted by Gasteiger charge is -2.27. The van der Waals surface area contributed by atoms with E-state index in [1.807, 2.05) is 0 Å². The number of benzene rings is 2. The number of anilines is 1. The van der Waals surface area contributed by atoms with Crippen molar-refractivity contribution in [2.24, 2.45) is 0 Å². The average molecular weight is 428 g/mol. The van der Waals surface area contributed by atoms with Gasteiger partial charge in [0.15, 0.2) is 5.13 Å². The molecule has 0 bridgehead atoms. The van der Waals surface area contributed by atoms with Crippen molar-refractivity contribution in [3.05, 3.63) is 58.9 Å². The third-order valence-electron chi connectivity index (χ3n) is 5.60. The van der Waals surface area contributed by atoms with E-state index in [9.17, 15) is 9.18 Å². The van der Waals surface area contributed by atoms with Gasteiger partial charge < -0.3 is 4.74 Å². The van der Waals surface area contributed by atoms with Crippen molar-refractivity contribution in [2.75, 3.05) is 44.3 Å². The Morgan fingerprint density at radius 2 is 1.90 bits per heavy atom. The minimum atomic E-state index is -0.350. The minimum Gasteiger partial charge on any atom is -0.379 e. The van der Waals surface area contributed by atoms with Crippen LogP contribution in [0.1, 0.15) is 27.9 Å². The molecule has 4 rings (SSSR count). The Labute approximate surface area is 180 Å². The number of hydrogen-bond acceptors (Lipinski definition) is 5. The summed E-state index contributed by atoms with van der Waals surface area (Å²) >= 11 is 1.53. The number of halogens is 1. The van der Waals surface area contributed by atoms with Crippen molar-refractivity contribution in [3.8, 4) is 0 Å². The molecule has 1 amide bonds. The van der Waals surface area contributed by atoms with Crippen molar-refractivity contribution in [3.63, 3.8) is 0 Å². The Morgan fingerprint density at radius 1 is 1.17 bits per heavy atom. The maximum absolute atomic E-state index is 13.4. The van der Waals surface area contributed by atoms with E-state index in [1.165, 1.54) is 41.2 Å². The first-order valence-corrected chi connectivity index (χ1v) is 11.1. The predicted molar refractivity (Wildman–Crippen MR) is 119 cm³/mol. The zero-order valence-electron chi connectivity index (χ0n) is 17.4. The molecule has 3 aromatic rings. The monoisotopic (exact) mass is 427 g/mol. The molecule has 1 aliphatic heterocycles. The number of amides is 1. The van der Waals surface area contributed by atoms with Crippen LogP contribution in [0.4, 0.5) is 9.52 Å². The van der Waals surface area contributed by atoms with E-state index in [1.54, 1.807) is 4.90 Å². The summed E-state index contributed by atoms with van der Waals surface area (Å²) in [5, 5.41) is 0.690. The summed E-state index contributed by atoms with van der Waals surface area (Å²) in [6, 6.07) is 9.87. The third-order valence-corrected chi connectivity index (χ3v) is 6.64. The molecule has 0 saturated carbocycles. The second-order valence-corrected chi connectivity index (χ2v) is 8.63. The standard InChI is InChI=1S/C23H26FN3O2S/c1-16-4-9-20-21(17(16)2)25-23(30-20)27(11-3-10-26-12-14-29-15-13-26)22(28)18-5-7-19(24)8-6-18/h4-9H,3,10-15H2,1-2H3. The van der Waals surface area contributed by atoms with Crippen LogP contribution >= 0.6 is 11.3 Å². The number of ether oxygens (including phenoxy) is 1. The summed E-state index contributed by atoms with van der Waals surface area (Å²) in [6.45, 7) is 8.95. The molecular formula is C23H26FN3O2S. The number of nitrogens with zero attached hydrogens (tertiary/aromatic N) is 3. The lowest BCUT2D eigenvalue weighted by Crippen LogP contribution is -2.39. The molecule has 1 aromatic heterocycles. The average Bonchev–Trinajstić information content (AvgIpc) is 3.19. The highest BCUT2D eigenvalue weighted by molar-refractivity contribution is 7.22. The van der Waals surface area contributed by atoms with Gasteiger partial charge in [-0.3, -0.25) is 14.6 Å². The van der Waals surface area contributed by atoms with E-state index in [2.05, 4.69) is 30.9 Å². The molecule has 2 aromatic carbocycles. The molecule has 0 radical (unpaired) electrons. The normalized spacial score (nSPS) is 14.9. The summed E-state index contributed by atoms with van der Waals surface area (Å²) in [6.07, 6.45) is 0.834. The first-order chi connectivity index (χ1) is 14.5. The van der Waals surface area contributed by atoms with Gasteiger partial charge in [0.1, 0.15) is 5.82 Å². The SMILES string of the molecule is Cc1ccc2sc(N(CCCN3CCOCC3)C(=O)c3ccc(F)cc3)nc2c1C. The molecule has 5 nitrogen and oxygen atoms in total. The fourth-order valence-electron chi connectivity index (χ4n) is 3.64. The Bertz CT molecular complexity index is 1030. The van der Waals surface area contributed by atoms with E-state index < -0.39 is 0 Å². The van der Waals surface area contributed by atoms with E-state index in [0.717, 1.165) is 55.0 Å². The molecule has 1 aliphatic rings. The second kappa shape index (κ2) is 9.20. The maximum atomic E-state index is 13.4. The Balaban J connectivity index is 1.59. The van der Waals surface area contributed by atoms with Crippen LogP contribution in [0.2, 0.25) is 0 Å². The fourth-order valence-corrected chi connectivity index (χ4v) is 4.69. The molecule has 0 unspecified atom stereocenters. The van der Waals surface area contributed by atoms with Crippen LogP contribution in [0.25, 0.3) is 10.2 Å². The van der Waals surface area contributed by atoms with Crippen LogP contribution in [0, 0.1) is 19.7 Å². The van der Waals surface area contributed by atoms with Gasteiger partial charge in [0.05, 0.1) is 23.4 Å². The smallest absolute Gasteiger partial charge is 0.260 e. The summed E-state index contributed by atoms with van der Waals surface area (Å²) < 4.78 is 19.8. The van der Waals surface area contributed by atoms with Crippen LogP contribution in [0.5, 0.6) is 0 Å². The number of morpholine rings is 1. The number of aryl methyl sites for hydroxylation is 2. The van der Waals surface area contributed by atoms with Crippen molar-refractivity contribution in [2.45, 2.75) is 20.3 Å². The molecule has 158 valence electrons. The molecule has 0 aliphatic carbocycles. The number of thiazole rings is 1. The minimum absolute atomic E-state index is 0.148. The van der Waals surface area contributed by atoms with Crippen LogP contribution in [0.15, 0.2) is 36.4 Å². The molecular weight excluding hydrogens is 401 g/mol. The van der Waals surface area contributed by atoms with Gasteiger partial charge in [-0.25, -0.2) is 9.37 Å². The van der Waals surface area contributed by atoms with Crippen LogP contribution in [0.3, 0.4) is 0 Å². The Hall–Kier alpha value is -2.35. The summed E-state index contributed by atoms with van der Waals surface area (Å²) in [4.78, 5) is 22.2. The van der Waals surface area contributed by atoms with E-state index >= 15 is 0 Å². The third kappa shape index (κ3) is 4.53. The first-order valence-electron chi connectivity index (χ1n) is 10.3. The van der Waals surface area contributed by atoms with Crippen molar-refractivity contribution >= 4 is 32.6 Å². The van der Waals surface area contributed by atoms with Crippen LogP contribution in [-0.2, 0) is 4.74 Å². The number of aromatic nitrogens is 1. The second-order valence-electron chi connectivity index (χ2n) is 7.62. The lowest BCUT2D eigenvalue weighted by atomic mass is 10.1. The summed E-state index contributed by atoms with van der Waals surface area (Å²) in [7, 11) is 0. The van der Waals surface area contributed by atoms with Crippen LogP contribution < -0.4 is 4.90 Å². The van der Waals surface area contributed by atoms with Crippen LogP contribution in [-0.4, -0.2) is 55.2 Å². The van der Waals surface area contributed by atoms with E-state index in [4.69, 9.17) is 9.72 Å². The van der Waals surface area contributed by atoms with E-state index in [0.29, 0.717) is 17.2 Å². The number of fused-ring (bicyclic) bond motifs is 1. The number of hydrogen-bond donors (Lipinski definition) is 0. The van der Waals surface area contributed by atoms with Gasteiger partial charge >= 0.3 is 0 Å². The highest BCUT2D eigenvalue weighted by Crippen LogP contribution is 2.32. The summed E-state index contributed by atoms with van der Waals surface area (Å²) in [5.41, 5.74) is 3.73. The largest absolute Gasteiger partial charge is 0.379 e. The highest BCUT2D eigenvalue weighted by atomic mass is 32.1. The van der Waals surface area contributed by atoms with Crippen molar-refractivity contribution in [1.29, 1.82) is 0 Å². The lowest BCUT2D eigenvalue weighted by molar-refractivity contribution is 0.0376. The van der Waals surface area contributed by atoms with Gasteiger partial charge in [-0.05, 0) is 61.7 Å². The molecule has 0 spiro atoms. The van der Waals surface area contributed by atoms with Gasteiger partial charge in [-0.1, -0.05) is 17.4 Å². The topological polar surface area (TPSA) is 45.7 Å². The maximum Gasteiger partial charge on any atom is 0.260 e. The molecule has 1 fully saturated rings. The number of rotatable bonds is 6. The molecule has 1 saturated heterocycles. The highest BCUT2D eigenvalue weighted by Gasteiger charge is 2.22. The molecule has 0 atom stereocenters. The van der Waals surface area contributed by atoms with Crippen molar-refractivity contribution in [1.82, 2.24) is 9.88 Å². The van der Waals surface area contributed by atoms with Crippen molar-refractivity contribution < 1.29 is 13.9 Å². The number of carbonyl (C=O) groups excluding carboxylic acids is 1. The molecule has 2 heterocycles. The van der Waals surface area contributed by atoms with Gasteiger partial charge in [0, 0.05) is 31.7 Å². The molecule has 0 N–H and O–H groups in total. The van der Waals surface area contributed by atoms with E-state index in [-0.39, 0.29) is 11.7 Å². The first kappa shape index (κ1) is 20.9. The Morgan fingerprint density at radius 3 is 2.63 bits per heavy atom. The van der Waals surface area contributed by atoms with Gasteiger partial charge in [-0.2, -0.15) is 0 Å². The Kier molecular flexibility index (Phi) is 6.41. The zero-order chi connectivity index (χ0) is 21.1. The summed E-state index contributed by atoms with van der Waals surface area (Å²) in [5.74, 6) is -0.498. The van der Waals surface area contributed by atoms with Gasteiger partial charge in [-0.15, -0.1) is 0 Å². The fraction of sp³-hybridized carbons (Fsp3) is 0.391. The predicted octanol–water partition coefficient (Wildman–Crippen LogP) is 4.42. The molecule has 30 heavy (non-hydrogen) atoms. The number of carbonyl (C=O) groups is 1. The zero-order valence-corrected chi connectivity index (χ0v) is 18.2. The van der Waals surface area contributed by atoms with Gasteiger partial charge in [0.25, 0.3) is 5.91 Å².